The number of hydrogen-bond donors (Lipinski definition) is 0. The Labute approximate surface area is 298 Å². The molecule has 0 aliphatic carbocycles. The van der Waals surface area contributed by atoms with Crippen LogP contribution in [-0.2, 0) is 0 Å². The first-order valence-electron chi connectivity index (χ1n) is 17.8. The van der Waals surface area contributed by atoms with E-state index in [1.54, 1.807) is 0 Å². The van der Waals surface area contributed by atoms with Gasteiger partial charge in [0.15, 0.2) is 11.5 Å². The lowest BCUT2D eigenvalue weighted by molar-refractivity contribution is 0.478. The number of ether oxygens (including phenoxy) is 1. The van der Waals surface area contributed by atoms with Gasteiger partial charge in [0.05, 0.1) is 38.8 Å². The van der Waals surface area contributed by atoms with Crippen molar-refractivity contribution < 1.29 is 4.74 Å². The highest BCUT2D eigenvalue weighted by Crippen LogP contribution is 2.49. The molecule has 0 bridgehead atoms. The minimum absolute atomic E-state index is 0.881. The Hall–Kier alpha value is -7.04. The van der Waals surface area contributed by atoms with Gasteiger partial charge in [-0.3, -0.25) is 0 Å². The van der Waals surface area contributed by atoms with E-state index in [4.69, 9.17) is 4.74 Å². The average molecular weight is 664 g/mol. The van der Waals surface area contributed by atoms with E-state index in [9.17, 15) is 0 Å². The maximum atomic E-state index is 6.75. The minimum Gasteiger partial charge on any atom is -0.452 e. The molecule has 1 aliphatic heterocycles. The molecule has 0 spiro atoms. The Morgan fingerprint density at radius 1 is 0.346 bits per heavy atom. The van der Waals surface area contributed by atoms with Gasteiger partial charge in [0, 0.05) is 49.3 Å². The second-order valence-electron chi connectivity index (χ2n) is 13.7. The van der Waals surface area contributed by atoms with Crippen LogP contribution in [0, 0.1) is 0 Å². The van der Waals surface area contributed by atoms with Gasteiger partial charge in [0.1, 0.15) is 0 Å². The first-order valence-corrected chi connectivity index (χ1v) is 17.8. The van der Waals surface area contributed by atoms with Gasteiger partial charge in [0.2, 0.25) is 0 Å². The van der Waals surface area contributed by atoms with E-state index in [1.165, 1.54) is 59.9 Å². The van der Waals surface area contributed by atoms with Crippen molar-refractivity contribution in [2.24, 2.45) is 0 Å². The number of nitrogens with zero attached hydrogens (tertiary/aromatic N) is 3. The number of aromatic nitrogens is 3. The summed E-state index contributed by atoms with van der Waals surface area (Å²) in [7, 11) is 0. The van der Waals surface area contributed by atoms with E-state index >= 15 is 0 Å². The monoisotopic (exact) mass is 663 g/mol. The molecule has 1 aliphatic rings. The molecule has 52 heavy (non-hydrogen) atoms. The van der Waals surface area contributed by atoms with Crippen molar-refractivity contribution >= 4 is 65.4 Å². The summed E-state index contributed by atoms with van der Waals surface area (Å²) in [6.45, 7) is 0. The molecule has 0 saturated heterocycles. The quantitative estimate of drug-likeness (QED) is 0.185. The summed E-state index contributed by atoms with van der Waals surface area (Å²) >= 11 is 0. The second-order valence-corrected chi connectivity index (χ2v) is 13.7. The standard InChI is InChI=1S/C48H29N3O/c1-5-17-40-34(11-1)35-12-2-6-18-41(35)50(40)32-27-28-44-39(29-32)37-14-4-7-19-42(37)49(44)31-25-23-30(24-26-31)33-15-9-21-45-48(33)52-46-22-10-16-38-36-13-3-8-20-43(36)51(45)47(38)46/h1-29H. The highest BCUT2D eigenvalue weighted by molar-refractivity contribution is 6.13. The molecule has 8 aromatic carbocycles. The summed E-state index contributed by atoms with van der Waals surface area (Å²) in [4.78, 5) is 0. The Morgan fingerprint density at radius 3 is 1.52 bits per heavy atom. The number of rotatable bonds is 3. The fourth-order valence-electron chi connectivity index (χ4n) is 8.83. The van der Waals surface area contributed by atoms with Crippen LogP contribution >= 0.6 is 0 Å². The molecule has 0 N–H and O–H groups in total. The van der Waals surface area contributed by atoms with Gasteiger partial charge in [-0.15, -0.1) is 0 Å². The van der Waals surface area contributed by atoms with Gasteiger partial charge in [-0.25, -0.2) is 0 Å². The van der Waals surface area contributed by atoms with Crippen LogP contribution in [0.2, 0.25) is 0 Å². The molecule has 12 rings (SSSR count). The molecule has 242 valence electrons. The zero-order valence-corrected chi connectivity index (χ0v) is 28.0. The van der Waals surface area contributed by atoms with E-state index in [0.29, 0.717) is 0 Å². The van der Waals surface area contributed by atoms with E-state index in [-0.39, 0.29) is 0 Å². The van der Waals surface area contributed by atoms with Crippen molar-refractivity contribution in [3.8, 4) is 39.7 Å². The summed E-state index contributed by atoms with van der Waals surface area (Å²) in [5.74, 6) is 1.77. The van der Waals surface area contributed by atoms with Crippen LogP contribution < -0.4 is 4.74 Å². The molecule has 0 radical (unpaired) electrons. The lowest BCUT2D eigenvalue weighted by Gasteiger charge is -2.23. The smallest absolute Gasteiger partial charge is 0.159 e. The van der Waals surface area contributed by atoms with Crippen LogP contribution in [0.3, 0.4) is 0 Å². The van der Waals surface area contributed by atoms with Crippen molar-refractivity contribution in [3.63, 3.8) is 0 Å². The van der Waals surface area contributed by atoms with Crippen LogP contribution in [0.15, 0.2) is 176 Å². The molecular weight excluding hydrogens is 635 g/mol. The van der Waals surface area contributed by atoms with E-state index in [1.807, 2.05) is 0 Å². The molecule has 3 aromatic heterocycles. The Kier molecular flexibility index (Phi) is 5.47. The van der Waals surface area contributed by atoms with Crippen molar-refractivity contribution in [2.45, 2.75) is 0 Å². The Morgan fingerprint density at radius 2 is 0.846 bits per heavy atom. The summed E-state index contributed by atoms with van der Waals surface area (Å²) in [6.07, 6.45) is 0. The second kappa shape index (κ2) is 10.3. The Bertz CT molecular complexity index is 3210. The molecule has 0 fully saturated rings. The zero-order valence-electron chi connectivity index (χ0n) is 28.0. The molecule has 4 heterocycles. The third-order valence-corrected chi connectivity index (χ3v) is 11.0. The molecule has 0 atom stereocenters. The SMILES string of the molecule is c1cc(-c2ccc(-n3c4ccccc4c4cc(-n5c6ccccc6c6ccccc65)ccc43)cc2)c2c(c1)-n1c3ccccc3c3cccc(c31)O2. The number of para-hydroxylation sites is 6. The summed E-state index contributed by atoms with van der Waals surface area (Å²) in [5, 5.41) is 7.45. The topological polar surface area (TPSA) is 24.0 Å². The lowest BCUT2D eigenvalue weighted by Crippen LogP contribution is -2.05. The van der Waals surface area contributed by atoms with Crippen molar-refractivity contribution in [1.82, 2.24) is 13.7 Å². The van der Waals surface area contributed by atoms with E-state index < -0.39 is 0 Å². The van der Waals surface area contributed by atoms with Crippen molar-refractivity contribution in [1.29, 1.82) is 0 Å². The van der Waals surface area contributed by atoms with Gasteiger partial charge in [-0.05, 0) is 72.3 Å². The third kappa shape index (κ3) is 3.65. The highest BCUT2D eigenvalue weighted by atomic mass is 16.5. The maximum absolute atomic E-state index is 6.75. The molecule has 11 aromatic rings. The Balaban J connectivity index is 1.01. The molecule has 0 saturated carbocycles. The summed E-state index contributed by atoms with van der Waals surface area (Å²) in [5.41, 5.74) is 12.6. The van der Waals surface area contributed by atoms with Crippen molar-refractivity contribution in [2.75, 3.05) is 0 Å². The number of hydrogen-bond acceptors (Lipinski definition) is 1. The molecule has 4 heteroatoms. The first-order chi connectivity index (χ1) is 25.8. The fraction of sp³-hybridized carbons (Fsp3) is 0. The van der Waals surface area contributed by atoms with Gasteiger partial charge in [-0.2, -0.15) is 0 Å². The molecule has 4 nitrogen and oxygen atoms in total. The van der Waals surface area contributed by atoms with E-state index in [0.717, 1.165) is 45.2 Å². The van der Waals surface area contributed by atoms with Crippen LogP contribution in [0.25, 0.3) is 93.6 Å². The molecular formula is C48H29N3O. The first kappa shape index (κ1) is 27.7. The predicted octanol–water partition coefficient (Wildman–Crippen LogP) is 12.8. The van der Waals surface area contributed by atoms with Gasteiger partial charge < -0.3 is 18.4 Å². The normalized spacial score (nSPS) is 12.4. The van der Waals surface area contributed by atoms with Crippen LogP contribution in [0.5, 0.6) is 11.5 Å². The summed E-state index contributed by atoms with van der Waals surface area (Å²) in [6, 6.07) is 63.4. The van der Waals surface area contributed by atoms with Gasteiger partial charge >= 0.3 is 0 Å². The number of fused-ring (bicyclic) bond motifs is 11. The lowest BCUT2D eigenvalue weighted by atomic mass is 10.0. The van der Waals surface area contributed by atoms with E-state index in [2.05, 4.69) is 190 Å². The largest absolute Gasteiger partial charge is 0.452 e. The van der Waals surface area contributed by atoms with Crippen LogP contribution in [0.1, 0.15) is 0 Å². The average Bonchev–Trinajstić information content (AvgIpc) is 3.85. The molecule has 0 amide bonds. The minimum atomic E-state index is 0.881. The third-order valence-electron chi connectivity index (χ3n) is 11.0. The summed E-state index contributed by atoms with van der Waals surface area (Å²) < 4.78 is 13.9. The maximum Gasteiger partial charge on any atom is 0.159 e. The van der Waals surface area contributed by atoms with Crippen molar-refractivity contribution in [3.05, 3.63) is 176 Å². The van der Waals surface area contributed by atoms with Gasteiger partial charge in [0.25, 0.3) is 0 Å². The fourth-order valence-corrected chi connectivity index (χ4v) is 8.83. The number of benzene rings is 8. The van der Waals surface area contributed by atoms with Crippen LogP contribution in [0.4, 0.5) is 0 Å². The molecule has 0 unspecified atom stereocenters. The van der Waals surface area contributed by atoms with Gasteiger partial charge in [-0.1, -0.05) is 109 Å². The zero-order chi connectivity index (χ0) is 33.9. The highest BCUT2D eigenvalue weighted by Gasteiger charge is 2.26. The predicted molar refractivity (Wildman–Crippen MR) is 215 cm³/mol. The van der Waals surface area contributed by atoms with Crippen LogP contribution in [-0.4, -0.2) is 13.7 Å².